The third kappa shape index (κ3) is 4.08. The molecule has 5 N–H and O–H groups in total. The van der Waals surface area contributed by atoms with E-state index < -0.39 is 32.4 Å². The van der Waals surface area contributed by atoms with E-state index >= 15 is 0 Å². The third-order valence-electron chi connectivity index (χ3n) is 3.97. The minimum atomic E-state index is -4.60. The van der Waals surface area contributed by atoms with Crippen molar-refractivity contribution in [2.45, 2.75) is 18.4 Å². The maximum Gasteiger partial charge on any atom is 0.296 e. The topological polar surface area (TPSA) is 176 Å². The van der Waals surface area contributed by atoms with E-state index in [1.807, 2.05) is 0 Å². The SMILES string of the molecule is CNCc1ccc(S(=O)(=O)O)c(N=Nc2c(C)c(C(N)=O)c(O)n(C)c2=O)c1. The summed E-state index contributed by atoms with van der Waals surface area (Å²) in [5.74, 6) is -1.60. The number of nitrogens with zero attached hydrogens (tertiary/aromatic N) is 3. The smallest absolute Gasteiger partial charge is 0.296 e. The molecule has 28 heavy (non-hydrogen) atoms. The van der Waals surface area contributed by atoms with Crippen molar-refractivity contribution in [1.82, 2.24) is 9.88 Å². The van der Waals surface area contributed by atoms with Crippen LogP contribution in [0.15, 0.2) is 38.1 Å². The van der Waals surface area contributed by atoms with Gasteiger partial charge in [0.2, 0.25) is 5.88 Å². The average Bonchev–Trinajstić information content (AvgIpc) is 2.59. The van der Waals surface area contributed by atoms with Gasteiger partial charge < -0.3 is 16.2 Å². The zero-order chi connectivity index (χ0) is 21.2. The van der Waals surface area contributed by atoms with Crippen LogP contribution in [0.5, 0.6) is 5.88 Å². The predicted octanol–water partition coefficient (Wildman–Crippen LogP) is 0.880. The molecule has 12 heteroatoms. The van der Waals surface area contributed by atoms with Crippen molar-refractivity contribution in [3.05, 3.63) is 45.2 Å². The molecular weight excluding hydrogens is 390 g/mol. The zero-order valence-electron chi connectivity index (χ0n) is 15.3. The lowest BCUT2D eigenvalue weighted by Crippen LogP contribution is -2.23. The summed E-state index contributed by atoms with van der Waals surface area (Å²) in [6, 6.07) is 4.01. The number of primary amides is 1. The molecule has 2 aromatic rings. The number of carbonyl (C=O) groups excluding carboxylic acids is 1. The van der Waals surface area contributed by atoms with E-state index in [0.717, 1.165) is 10.6 Å². The highest BCUT2D eigenvalue weighted by Gasteiger charge is 2.21. The molecule has 150 valence electrons. The molecule has 0 unspecified atom stereocenters. The van der Waals surface area contributed by atoms with E-state index in [-0.39, 0.29) is 22.5 Å². The lowest BCUT2D eigenvalue weighted by Gasteiger charge is -2.11. The van der Waals surface area contributed by atoms with Crippen LogP contribution >= 0.6 is 0 Å². The monoisotopic (exact) mass is 409 g/mol. The van der Waals surface area contributed by atoms with Gasteiger partial charge in [0, 0.05) is 19.2 Å². The molecule has 0 saturated heterocycles. The predicted molar refractivity (Wildman–Crippen MR) is 99.8 cm³/mol. The van der Waals surface area contributed by atoms with Gasteiger partial charge in [-0.25, -0.2) is 0 Å². The highest BCUT2D eigenvalue weighted by molar-refractivity contribution is 7.86. The fraction of sp³-hybridized carbons (Fsp3) is 0.250. The molecule has 1 heterocycles. The van der Waals surface area contributed by atoms with Gasteiger partial charge in [0.05, 0.1) is 0 Å². The summed E-state index contributed by atoms with van der Waals surface area (Å²) in [7, 11) is -1.70. The van der Waals surface area contributed by atoms with E-state index in [4.69, 9.17) is 5.73 Å². The summed E-state index contributed by atoms with van der Waals surface area (Å²) in [5.41, 5.74) is 4.27. The Morgan fingerprint density at radius 1 is 1.32 bits per heavy atom. The molecule has 0 aliphatic heterocycles. The normalized spacial score (nSPS) is 11.9. The number of nitrogens with two attached hydrogens (primary N) is 1. The highest BCUT2D eigenvalue weighted by atomic mass is 32.2. The first-order chi connectivity index (χ1) is 13.0. The number of hydrogen-bond acceptors (Lipinski definition) is 8. The van der Waals surface area contributed by atoms with Crippen LogP contribution in [0.2, 0.25) is 0 Å². The molecule has 0 fully saturated rings. The molecule has 0 radical (unpaired) electrons. The number of pyridine rings is 1. The van der Waals surface area contributed by atoms with Crippen LogP contribution < -0.4 is 16.6 Å². The molecule has 0 atom stereocenters. The lowest BCUT2D eigenvalue weighted by atomic mass is 10.1. The molecule has 0 aliphatic rings. The molecule has 2 rings (SSSR count). The van der Waals surface area contributed by atoms with Crippen molar-refractivity contribution in [1.29, 1.82) is 0 Å². The van der Waals surface area contributed by atoms with Gasteiger partial charge in [0.15, 0.2) is 5.69 Å². The summed E-state index contributed by atoms with van der Waals surface area (Å²) in [5, 5.41) is 20.4. The van der Waals surface area contributed by atoms with Gasteiger partial charge in [-0.1, -0.05) is 6.07 Å². The molecule has 1 aromatic carbocycles. The van der Waals surface area contributed by atoms with Crippen LogP contribution in [0.3, 0.4) is 0 Å². The molecule has 1 aromatic heterocycles. The minimum Gasteiger partial charge on any atom is -0.494 e. The van der Waals surface area contributed by atoms with Gasteiger partial charge in [0.1, 0.15) is 16.1 Å². The molecule has 11 nitrogen and oxygen atoms in total. The van der Waals surface area contributed by atoms with Crippen LogP contribution in [0.1, 0.15) is 21.5 Å². The van der Waals surface area contributed by atoms with Crippen LogP contribution in [-0.2, 0) is 23.7 Å². The second kappa shape index (κ2) is 7.88. The molecule has 0 saturated carbocycles. The standard InChI is InChI=1S/C16H19N5O6S/c1-8-12(14(17)22)15(23)21(3)16(24)13(8)20-19-10-6-9(7-18-2)4-5-11(10)28(25,26)27/h4-6,18,23H,7H2,1-3H3,(H2,17,22)(H,25,26,27). The molecule has 1 amide bonds. The Hall–Kier alpha value is -3.09. The molecule has 0 aliphatic carbocycles. The first-order valence-electron chi connectivity index (χ1n) is 7.88. The first kappa shape index (κ1) is 21.2. The van der Waals surface area contributed by atoms with E-state index in [9.17, 15) is 27.7 Å². The van der Waals surface area contributed by atoms with Gasteiger partial charge >= 0.3 is 0 Å². The number of azo groups is 1. The quantitative estimate of drug-likeness (QED) is 0.404. The Labute approximate surface area is 160 Å². The lowest BCUT2D eigenvalue weighted by molar-refractivity contribution is 0.0995. The van der Waals surface area contributed by atoms with Gasteiger partial charge in [-0.05, 0) is 31.7 Å². The second-order valence-corrected chi connectivity index (χ2v) is 7.30. The van der Waals surface area contributed by atoms with Crippen molar-refractivity contribution in [2.24, 2.45) is 23.0 Å². The second-order valence-electron chi connectivity index (χ2n) is 5.91. The van der Waals surface area contributed by atoms with Crippen molar-refractivity contribution in [2.75, 3.05) is 7.05 Å². The fourth-order valence-electron chi connectivity index (χ4n) is 2.56. The highest BCUT2D eigenvalue weighted by Crippen LogP contribution is 2.30. The van der Waals surface area contributed by atoms with Crippen molar-refractivity contribution >= 4 is 27.4 Å². The summed E-state index contributed by atoms with van der Waals surface area (Å²) >= 11 is 0. The minimum absolute atomic E-state index is 0.0170. The van der Waals surface area contributed by atoms with Crippen molar-refractivity contribution < 1.29 is 22.9 Å². The number of aromatic nitrogens is 1. The summed E-state index contributed by atoms with van der Waals surface area (Å²) < 4.78 is 33.3. The Balaban J connectivity index is 2.71. The zero-order valence-corrected chi connectivity index (χ0v) is 16.1. The van der Waals surface area contributed by atoms with E-state index in [1.165, 1.54) is 26.1 Å². The first-order valence-corrected chi connectivity index (χ1v) is 9.32. The van der Waals surface area contributed by atoms with E-state index in [0.29, 0.717) is 12.1 Å². The van der Waals surface area contributed by atoms with Crippen LogP contribution in [0.25, 0.3) is 0 Å². The molecule has 0 bridgehead atoms. The van der Waals surface area contributed by atoms with Gasteiger partial charge in [-0.15, -0.1) is 10.2 Å². The van der Waals surface area contributed by atoms with E-state index in [1.54, 1.807) is 7.05 Å². The number of carbonyl (C=O) groups is 1. The number of nitrogens with one attached hydrogen (secondary N) is 1. The number of rotatable bonds is 6. The average molecular weight is 409 g/mol. The van der Waals surface area contributed by atoms with Gasteiger partial charge in [-0.3, -0.25) is 18.7 Å². The van der Waals surface area contributed by atoms with Crippen molar-refractivity contribution in [3.8, 4) is 5.88 Å². The van der Waals surface area contributed by atoms with Gasteiger partial charge in [-0.2, -0.15) is 8.42 Å². The number of hydrogen-bond donors (Lipinski definition) is 4. The van der Waals surface area contributed by atoms with Crippen LogP contribution in [0.4, 0.5) is 11.4 Å². The Kier molecular flexibility index (Phi) is 5.97. The summed E-state index contributed by atoms with van der Waals surface area (Å²) in [6.07, 6.45) is 0. The molecule has 0 spiro atoms. The Morgan fingerprint density at radius 2 is 1.96 bits per heavy atom. The maximum atomic E-state index is 12.4. The Bertz CT molecular complexity index is 1140. The van der Waals surface area contributed by atoms with Crippen LogP contribution in [-0.4, -0.2) is 35.6 Å². The van der Waals surface area contributed by atoms with E-state index in [2.05, 4.69) is 15.5 Å². The van der Waals surface area contributed by atoms with Gasteiger partial charge in [0.25, 0.3) is 21.6 Å². The van der Waals surface area contributed by atoms with Crippen LogP contribution in [0, 0.1) is 6.92 Å². The number of aromatic hydroxyl groups is 1. The number of benzene rings is 1. The molecular formula is C16H19N5O6S. The summed E-state index contributed by atoms with van der Waals surface area (Å²) in [4.78, 5) is 23.5. The number of amides is 1. The third-order valence-corrected chi connectivity index (χ3v) is 4.87. The fourth-order valence-corrected chi connectivity index (χ4v) is 3.16. The Morgan fingerprint density at radius 3 is 2.50 bits per heavy atom. The van der Waals surface area contributed by atoms with Crippen molar-refractivity contribution in [3.63, 3.8) is 0 Å². The maximum absolute atomic E-state index is 12.4. The summed E-state index contributed by atoms with van der Waals surface area (Å²) in [6.45, 7) is 1.73. The largest absolute Gasteiger partial charge is 0.494 e.